The van der Waals surface area contributed by atoms with Gasteiger partial charge in [0.05, 0.1) is 0 Å². The number of sulfonamides is 1. The van der Waals surface area contributed by atoms with Crippen LogP contribution in [0.25, 0.3) is 0 Å². The normalized spacial score (nSPS) is 14.9. The van der Waals surface area contributed by atoms with Crippen LogP contribution in [0.5, 0.6) is 11.5 Å². The number of rotatable bonds is 5. The predicted molar refractivity (Wildman–Crippen MR) is 114 cm³/mol. The molecule has 0 aliphatic carbocycles. The number of ether oxygens (including phenoxy) is 1. The van der Waals surface area contributed by atoms with Crippen LogP contribution in [0.4, 0.5) is 8.78 Å². The Kier molecular flexibility index (Phi) is 6.20. The van der Waals surface area contributed by atoms with E-state index >= 15 is 0 Å². The minimum Gasteiger partial charge on any atom is -0.457 e. The van der Waals surface area contributed by atoms with Gasteiger partial charge in [0, 0.05) is 37.8 Å². The van der Waals surface area contributed by atoms with Crippen LogP contribution in [0.15, 0.2) is 77.7 Å². The fraction of sp³-hybridized carbons (Fsp3) is 0.174. The zero-order valence-corrected chi connectivity index (χ0v) is 17.8. The van der Waals surface area contributed by atoms with Gasteiger partial charge >= 0.3 is 0 Å². The van der Waals surface area contributed by atoms with E-state index in [1.165, 1.54) is 0 Å². The van der Waals surface area contributed by atoms with Crippen molar-refractivity contribution in [2.24, 2.45) is 0 Å². The van der Waals surface area contributed by atoms with Crippen LogP contribution in [0.2, 0.25) is 0 Å². The third-order valence-corrected chi connectivity index (χ3v) is 7.05. The highest BCUT2D eigenvalue weighted by Gasteiger charge is 2.32. The van der Waals surface area contributed by atoms with E-state index in [1.54, 1.807) is 29.2 Å². The van der Waals surface area contributed by atoms with Gasteiger partial charge < -0.3 is 9.64 Å². The largest absolute Gasteiger partial charge is 0.457 e. The van der Waals surface area contributed by atoms with Gasteiger partial charge in [-0.25, -0.2) is 17.2 Å². The van der Waals surface area contributed by atoms with Gasteiger partial charge in [0.25, 0.3) is 5.91 Å². The Labute approximate surface area is 184 Å². The van der Waals surface area contributed by atoms with Crippen molar-refractivity contribution in [3.05, 3.63) is 90.0 Å². The van der Waals surface area contributed by atoms with Crippen molar-refractivity contribution in [3.63, 3.8) is 0 Å². The fourth-order valence-electron chi connectivity index (χ4n) is 3.43. The lowest BCUT2D eigenvalue weighted by Gasteiger charge is -2.34. The van der Waals surface area contributed by atoms with E-state index in [4.69, 9.17) is 4.74 Å². The Bertz CT molecular complexity index is 1210. The van der Waals surface area contributed by atoms with E-state index < -0.39 is 26.6 Å². The number of carbonyl (C=O) groups is 1. The highest BCUT2D eigenvalue weighted by Crippen LogP contribution is 2.24. The van der Waals surface area contributed by atoms with Gasteiger partial charge in [0.2, 0.25) is 10.0 Å². The molecule has 1 amide bonds. The van der Waals surface area contributed by atoms with Crippen molar-refractivity contribution in [1.82, 2.24) is 9.21 Å². The minimum absolute atomic E-state index is 0.0140. The van der Waals surface area contributed by atoms with Gasteiger partial charge in [-0.05, 0) is 48.5 Å². The molecule has 1 saturated heterocycles. The standard InChI is InChI=1S/C23H20F2N2O4S/c24-18-8-11-22(21(25)16-18)32(29,30)27-14-12-26(13-15-27)23(28)17-6-9-20(10-7-17)31-19-4-2-1-3-5-19/h1-11,16H,12-15H2. The molecule has 1 aliphatic rings. The van der Waals surface area contributed by atoms with E-state index in [1.807, 2.05) is 30.3 Å². The summed E-state index contributed by atoms with van der Waals surface area (Å²) in [5, 5.41) is 0. The second-order valence-corrected chi connectivity index (χ2v) is 9.12. The number of nitrogens with zero attached hydrogens (tertiary/aromatic N) is 2. The van der Waals surface area contributed by atoms with Gasteiger partial charge in [-0.2, -0.15) is 4.31 Å². The van der Waals surface area contributed by atoms with E-state index in [9.17, 15) is 22.0 Å². The molecular weight excluding hydrogens is 438 g/mol. The number of hydrogen-bond donors (Lipinski definition) is 0. The Hall–Kier alpha value is -3.30. The van der Waals surface area contributed by atoms with Crippen molar-refractivity contribution in [2.75, 3.05) is 26.2 Å². The lowest BCUT2D eigenvalue weighted by Crippen LogP contribution is -2.50. The van der Waals surface area contributed by atoms with E-state index in [0.717, 1.165) is 16.4 Å². The van der Waals surface area contributed by atoms with Crippen LogP contribution in [-0.2, 0) is 10.0 Å². The summed E-state index contributed by atoms with van der Waals surface area (Å²) in [6.07, 6.45) is 0. The third-order valence-electron chi connectivity index (χ3n) is 5.12. The maximum Gasteiger partial charge on any atom is 0.253 e. The molecule has 0 unspecified atom stereocenters. The first-order valence-electron chi connectivity index (χ1n) is 9.92. The number of hydrogen-bond acceptors (Lipinski definition) is 4. The van der Waals surface area contributed by atoms with E-state index in [-0.39, 0.29) is 32.1 Å². The van der Waals surface area contributed by atoms with Gasteiger partial charge in [0.15, 0.2) is 0 Å². The second-order valence-electron chi connectivity index (χ2n) is 7.21. The molecule has 0 radical (unpaired) electrons. The van der Waals surface area contributed by atoms with E-state index in [0.29, 0.717) is 23.1 Å². The monoisotopic (exact) mass is 458 g/mol. The van der Waals surface area contributed by atoms with Crippen molar-refractivity contribution in [1.29, 1.82) is 0 Å². The molecule has 0 bridgehead atoms. The smallest absolute Gasteiger partial charge is 0.253 e. The highest BCUT2D eigenvalue weighted by atomic mass is 32.2. The molecule has 0 atom stereocenters. The maximum atomic E-state index is 14.0. The van der Waals surface area contributed by atoms with Crippen LogP contribution in [0.3, 0.4) is 0 Å². The zero-order chi connectivity index (χ0) is 22.7. The number of para-hydroxylation sites is 1. The summed E-state index contributed by atoms with van der Waals surface area (Å²) in [5.74, 6) is -0.953. The topological polar surface area (TPSA) is 66.9 Å². The number of carbonyl (C=O) groups excluding carboxylic acids is 1. The Morgan fingerprint density at radius 2 is 1.44 bits per heavy atom. The first kappa shape index (κ1) is 21.9. The molecule has 4 rings (SSSR count). The molecule has 1 fully saturated rings. The summed E-state index contributed by atoms with van der Waals surface area (Å²) in [4.78, 5) is 13.8. The van der Waals surface area contributed by atoms with E-state index in [2.05, 4.69) is 0 Å². The van der Waals surface area contributed by atoms with Crippen LogP contribution >= 0.6 is 0 Å². The van der Waals surface area contributed by atoms with Gasteiger partial charge in [-0.1, -0.05) is 18.2 Å². The molecular formula is C23H20F2N2O4S. The van der Waals surface area contributed by atoms with Crippen LogP contribution in [0, 0.1) is 11.6 Å². The molecule has 1 aliphatic heterocycles. The first-order chi connectivity index (χ1) is 15.3. The average Bonchev–Trinajstić information content (AvgIpc) is 2.80. The minimum atomic E-state index is -4.12. The molecule has 1 heterocycles. The second kappa shape index (κ2) is 9.05. The Morgan fingerprint density at radius 3 is 2.06 bits per heavy atom. The predicted octanol–water partition coefficient (Wildman–Crippen LogP) is 3.90. The number of halogens is 2. The molecule has 0 saturated carbocycles. The van der Waals surface area contributed by atoms with Gasteiger partial charge in [0.1, 0.15) is 28.0 Å². The number of amides is 1. The summed E-state index contributed by atoms with van der Waals surface area (Å²) in [7, 11) is -4.12. The number of benzene rings is 3. The molecule has 6 nitrogen and oxygen atoms in total. The quantitative estimate of drug-likeness (QED) is 0.582. The fourth-order valence-corrected chi connectivity index (χ4v) is 4.90. The van der Waals surface area contributed by atoms with Crippen molar-refractivity contribution in [2.45, 2.75) is 4.90 Å². The number of piperazine rings is 1. The summed E-state index contributed by atoms with van der Waals surface area (Å²) >= 11 is 0. The molecule has 0 spiro atoms. The molecule has 0 aromatic heterocycles. The first-order valence-corrected chi connectivity index (χ1v) is 11.4. The highest BCUT2D eigenvalue weighted by molar-refractivity contribution is 7.89. The summed E-state index contributed by atoms with van der Waals surface area (Å²) in [5.41, 5.74) is 0.450. The average molecular weight is 458 g/mol. The van der Waals surface area contributed by atoms with Crippen molar-refractivity contribution < 1.29 is 26.7 Å². The van der Waals surface area contributed by atoms with Crippen molar-refractivity contribution in [3.8, 4) is 11.5 Å². The van der Waals surface area contributed by atoms with Crippen LogP contribution in [-0.4, -0.2) is 49.7 Å². The van der Waals surface area contributed by atoms with Crippen LogP contribution < -0.4 is 4.74 Å². The summed E-state index contributed by atoms with van der Waals surface area (Å²) in [6.45, 7) is 0.340. The third kappa shape index (κ3) is 4.63. The molecule has 0 N–H and O–H groups in total. The summed E-state index contributed by atoms with van der Waals surface area (Å²) < 4.78 is 59.3. The molecule has 9 heteroatoms. The Balaban J connectivity index is 1.39. The van der Waals surface area contributed by atoms with Gasteiger partial charge in [-0.3, -0.25) is 4.79 Å². The lowest BCUT2D eigenvalue weighted by molar-refractivity contribution is 0.0697. The van der Waals surface area contributed by atoms with Crippen molar-refractivity contribution >= 4 is 15.9 Å². The SMILES string of the molecule is O=C(c1ccc(Oc2ccccc2)cc1)N1CCN(S(=O)(=O)c2ccc(F)cc2F)CC1. The lowest BCUT2D eigenvalue weighted by atomic mass is 10.2. The molecule has 3 aromatic rings. The molecule has 3 aromatic carbocycles. The summed E-state index contributed by atoms with van der Waals surface area (Å²) in [6, 6.07) is 18.3. The zero-order valence-electron chi connectivity index (χ0n) is 16.9. The maximum absolute atomic E-state index is 14.0. The van der Waals surface area contributed by atoms with Gasteiger partial charge in [-0.15, -0.1) is 0 Å². The van der Waals surface area contributed by atoms with Crippen LogP contribution in [0.1, 0.15) is 10.4 Å². The molecule has 32 heavy (non-hydrogen) atoms. The Morgan fingerprint density at radius 1 is 0.812 bits per heavy atom. The molecule has 166 valence electrons.